The van der Waals surface area contributed by atoms with Crippen LogP contribution in [0.1, 0.15) is 36.6 Å². The molecule has 140 valence electrons. The summed E-state index contributed by atoms with van der Waals surface area (Å²) < 4.78 is 18.7. The van der Waals surface area contributed by atoms with Crippen molar-refractivity contribution in [1.82, 2.24) is 14.9 Å². The van der Waals surface area contributed by atoms with Gasteiger partial charge in [-0.1, -0.05) is 13.0 Å². The summed E-state index contributed by atoms with van der Waals surface area (Å²) in [6.07, 6.45) is 2.82. The minimum Gasteiger partial charge on any atom is -0.497 e. The molecule has 2 atom stereocenters. The summed E-state index contributed by atoms with van der Waals surface area (Å²) in [6.45, 7) is 2.43. The third kappa shape index (κ3) is 3.95. The van der Waals surface area contributed by atoms with E-state index in [0.29, 0.717) is 33.9 Å². The number of furan rings is 1. The molecular formula is C19H20N4O3S. The number of aromatic nitrogens is 3. The van der Waals surface area contributed by atoms with Crippen molar-refractivity contribution in [1.29, 1.82) is 0 Å². The molecule has 2 aromatic heterocycles. The zero-order valence-electron chi connectivity index (χ0n) is 15.1. The SMILES string of the molecule is COc1cccc(OCc2n[nH]c(=S)n2/N=C\c2ccc([C@H]3C[C@H]3C)o2)c1. The Kier molecular flexibility index (Phi) is 4.81. The Balaban J connectivity index is 1.46. The van der Waals surface area contributed by atoms with Crippen LogP contribution >= 0.6 is 12.2 Å². The molecule has 0 unspecified atom stereocenters. The molecule has 27 heavy (non-hydrogen) atoms. The Labute approximate surface area is 161 Å². The Morgan fingerprint density at radius 3 is 2.96 bits per heavy atom. The lowest BCUT2D eigenvalue weighted by atomic mass is 10.3. The van der Waals surface area contributed by atoms with Crippen LogP contribution in [-0.2, 0) is 6.61 Å². The fourth-order valence-corrected chi connectivity index (χ4v) is 3.04. The van der Waals surface area contributed by atoms with Gasteiger partial charge in [-0.3, -0.25) is 0 Å². The van der Waals surface area contributed by atoms with E-state index >= 15 is 0 Å². The maximum Gasteiger partial charge on any atom is 0.216 e. The molecule has 0 aliphatic heterocycles. The summed E-state index contributed by atoms with van der Waals surface area (Å²) in [5.74, 6) is 4.89. The average Bonchev–Trinajstić information content (AvgIpc) is 3.07. The van der Waals surface area contributed by atoms with Crippen molar-refractivity contribution >= 4 is 18.4 Å². The predicted molar refractivity (Wildman–Crippen MR) is 103 cm³/mol. The van der Waals surface area contributed by atoms with E-state index in [-0.39, 0.29) is 6.61 Å². The summed E-state index contributed by atoms with van der Waals surface area (Å²) >= 11 is 5.26. The number of benzene rings is 1. The molecule has 0 spiro atoms. The van der Waals surface area contributed by atoms with Gasteiger partial charge in [0.25, 0.3) is 0 Å². The molecule has 1 fully saturated rings. The maximum atomic E-state index is 5.84. The summed E-state index contributed by atoms with van der Waals surface area (Å²) in [5.41, 5.74) is 0. The molecule has 7 nitrogen and oxygen atoms in total. The second-order valence-electron chi connectivity index (χ2n) is 6.53. The molecule has 4 rings (SSSR count). The summed E-state index contributed by atoms with van der Waals surface area (Å²) in [5, 5.41) is 11.3. The molecule has 1 aromatic carbocycles. The molecule has 0 saturated heterocycles. The van der Waals surface area contributed by atoms with E-state index in [1.807, 2.05) is 30.3 Å². The van der Waals surface area contributed by atoms with Crippen LogP contribution in [0.4, 0.5) is 0 Å². The lowest BCUT2D eigenvalue weighted by molar-refractivity contribution is 0.288. The predicted octanol–water partition coefficient (Wildman–Crippen LogP) is 4.13. The number of nitrogens with one attached hydrogen (secondary N) is 1. The molecule has 3 aromatic rings. The van der Waals surface area contributed by atoms with Crippen LogP contribution in [0.3, 0.4) is 0 Å². The quantitative estimate of drug-likeness (QED) is 0.490. The second-order valence-corrected chi connectivity index (χ2v) is 6.92. The number of ether oxygens (including phenoxy) is 2. The Morgan fingerprint density at radius 2 is 2.19 bits per heavy atom. The first kappa shape index (κ1) is 17.5. The van der Waals surface area contributed by atoms with Crippen LogP contribution in [0, 0.1) is 10.7 Å². The van der Waals surface area contributed by atoms with Crippen molar-refractivity contribution in [2.45, 2.75) is 25.9 Å². The van der Waals surface area contributed by atoms with E-state index < -0.39 is 0 Å². The van der Waals surface area contributed by atoms with Gasteiger partial charge in [-0.25, -0.2) is 5.10 Å². The number of H-pyrrole nitrogens is 1. The van der Waals surface area contributed by atoms with Gasteiger partial charge in [0.1, 0.15) is 29.6 Å². The largest absolute Gasteiger partial charge is 0.497 e. The number of aromatic amines is 1. The zero-order valence-corrected chi connectivity index (χ0v) is 15.9. The molecule has 1 saturated carbocycles. The molecule has 1 aliphatic rings. The topological polar surface area (TPSA) is 77.6 Å². The number of hydrogen-bond acceptors (Lipinski definition) is 6. The first-order valence-electron chi connectivity index (χ1n) is 8.71. The van der Waals surface area contributed by atoms with Crippen molar-refractivity contribution in [3.63, 3.8) is 0 Å². The third-order valence-electron chi connectivity index (χ3n) is 4.55. The van der Waals surface area contributed by atoms with Crippen LogP contribution in [-0.4, -0.2) is 28.2 Å². The van der Waals surface area contributed by atoms with E-state index in [4.69, 9.17) is 26.1 Å². The van der Waals surface area contributed by atoms with E-state index in [0.717, 1.165) is 11.5 Å². The zero-order chi connectivity index (χ0) is 18.8. The Hall–Kier alpha value is -2.87. The summed E-state index contributed by atoms with van der Waals surface area (Å²) in [7, 11) is 1.61. The van der Waals surface area contributed by atoms with Crippen LogP contribution in [0.15, 0.2) is 45.9 Å². The smallest absolute Gasteiger partial charge is 0.216 e. The molecule has 8 heteroatoms. The Bertz CT molecular complexity index is 1020. The highest BCUT2D eigenvalue weighted by Gasteiger charge is 2.36. The minimum absolute atomic E-state index is 0.209. The Morgan fingerprint density at radius 1 is 1.37 bits per heavy atom. The molecule has 1 N–H and O–H groups in total. The number of rotatable bonds is 7. The maximum absolute atomic E-state index is 5.84. The molecule has 2 heterocycles. The highest BCUT2D eigenvalue weighted by Crippen LogP contribution is 2.47. The monoisotopic (exact) mass is 384 g/mol. The van der Waals surface area contributed by atoms with E-state index in [9.17, 15) is 0 Å². The van der Waals surface area contributed by atoms with Crippen LogP contribution in [0.5, 0.6) is 11.5 Å². The highest BCUT2D eigenvalue weighted by molar-refractivity contribution is 7.71. The molecule has 0 amide bonds. The van der Waals surface area contributed by atoms with E-state index in [1.54, 1.807) is 19.4 Å². The highest BCUT2D eigenvalue weighted by atomic mass is 32.1. The normalized spacial score (nSPS) is 18.7. The first-order valence-corrected chi connectivity index (χ1v) is 9.12. The van der Waals surface area contributed by atoms with Crippen molar-refractivity contribution < 1.29 is 13.9 Å². The van der Waals surface area contributed by atoms with Gasteiger partial charge in [0.2, 0.25) is 4.77 Å². The average molecular weight is 384 g/mol. The lowest BCUT2D eigenvalue weighted by Gasteiger charge is -2.06. The number of hydrogen-bond donors (Lipinski definition) is 1. The van der Waals surface area contributed by atoms with Crippen molar-refractivity contribution in [2.75, 3.05) is 7.11 Å². The van der Waals surface area contributed by atoms with Crippen molar-refractivity contribution in [3.05, 3.63) is 58.5 Å². The molecule has 1 aliphatic carbocycles. The third-order valence-corrected chi connectivity index (χ3v) is 4.81. The fraction of sp³-hybridized carbons (Fsp3) is 0.316. The van der Waals surface area contributed by atoms with Gasteiger partial charge in [-0.05, 0) is 48.8 Å². The second kappa shape index (κ2) is 7.40. The van der Waals surface area contributed by atoms with Gasteiger partial charge >= 0.3 is 0 Å². The van der Waals surface area contributed by atoms with Gasteiger partial charge in [0.05, 0.1) is 13.3 Å². The van der Waals surface area contributed by atoms with Crippen LogP contribution in [0.25, 0.3) is 0 Å². The first-order chi connectivity index (χ1) is 13.1. The molecule has 0 bridgehead atoms. The van der Waals surface area contributed by atoms with Gasteiger partial charge in [-0.2, -0.15) is 14.9 Å². The minimum atomic E-state index is 0.209. The van der Waals surface area contributed by atoms with Crippen molar-refractivity contribution in [3.8, 4) is 11.5 Å². The summed E-state index contributed by atoms with van der Waals surface area (Å²) in [6, 6.07) is 11.3. The molecule has 0 radical (unpaired) electrons. The lowest BCUT2D eigenvalue weighted by Crippen LogP contribution is -2.04. The van der Waals surface area contributed by atoms with E-state index in [2.05, 4.69) is 22.2 Å². The van der Waals surface area contributed by atoms with Gasteiger partial charge < -0.3 is 13.9 Å². The number of nitrogens with zero attached hydrogens (tertiary/aromatic N) is 3. The molecular weight excluding hydrogens is 364 g/mol. The van der Waals surface area contributed by atoms with Crippen LogP contribution < -0.4 is 9.47 Å². The van der Waals surface area contributed by atoms with Crippen molar-refractivity contribution in [2.24, 2.45) is 11.0 Å². The van der Waals surface area contributed by atoms with Crippen LogP contribution in [0.2, 0.25) is 0 Å². The van der Waals surface area contributed by atoms with Gasteiger partial charge in [0, 0.05) is 12.0 Å². The van der Waals surface area contributed by atoms with Gasteiger partial charge in [-0.15, -0.1) is 0 Å². The standard InChI is InChI=1S/C19H20N4O3S/c1-12-8-16(12)17-7-6-15(26-17)10-20-23-18(21-22-19(23)27)11-25-14-5-3-4-13(9-14)24-2/h3-7,9-10,12,16H,8,11H2,1-2H3,(H,22,27)/b20-10-/t12-,16+/m1/s1. The number of methoxy groups -OCH3 is 1. The fourth-order valence-electron chi connectivity index (χ4n) is 2.85. The van der Waals surface area contributed by atoms with E-state index in [1.165, 1.54) is 11.1 Å². The van der Waals surface area contributed by atoms with Gasteiger partial charge in [0.15, 0.2) is 5.82 Å². The summed E-state index contributed by atoms with van der Waals surface area (Å²) in [4.78, 5) is 0.